The van der Waals surface area contributed by atoms with Gasteiger partial charge in [0.2, 0.25) is 5.13 Å². The second kappa shape index (κ2) is 12.1. The topological polar surface area (TPSA) is 97.1 Å². The highest BCUT2D eigenvalue weighted by Crippen LogP contribution is 2.20. The third-order valence-corrected chi connectivity index (χ3v) is 5.63. The first kappa shape index (κ1) is 24.4. The molecule has 0 saturated heterocycles. The van der Waals surface area contributed by atoms with Crippen LogP contribution in [0.4, 0.5) is 5.13 Å². The predicted octanol–water partition coefficient (Wildman–Crippen LogP) is 5.50. The molecule has 33 heavy (non-hydrogen) atoms. The average Bonchev–Trinajstić information content (AvgIpc) is 3.22. The van der Waals surface area contributed by atoms with Crippen LogP contribution in [-0.2, 0) is 11.2 Å². The van der Waals surface area contributed by atoms with Crippen molar-refractivity contribution in [2.75, 3.05) is 18.5 Å². The summed E-state index contributed by atoms with van der Waals surface area (Å²) in [5.41, 5.74) is 0.636. The van der Waals surface area contributed by atoms with Gasteiger partial charge in [0.15, 0.2) is 0 Å². The van der Waals surface area contributed by atoms with Crippen LogP contribution in [0.25, 0.3) is 6.08 Å². The van der Waals surface area contributed by atoms with Gasteiger partial charge in [0.05, 0.1) is 0 Å². The minimum Gasteiger partial charge on any atom is -0.490 e. The summed E-state index contributed by atoms with van der Waals surface area (Å²) in [5.74, 6) is 1.29. The number of rotatable bonds is 10. The zero-order chi connectivity index (χ0) is 23.6. The fourth-order valence-corrected chi connectivity index (χ4v) is 3.97. The lowest BCUT2D eigenvalue weighted by Gasteiger charge is -2.09. The van der Waals surface area contributed by atoms with Crippen molar-refractivity contribution in [2.24, 2.45) is 5.92 Å². The number of nitrogens with zero attached hydrogens (tertiary/aromatic N) is 3. The Kier molecular flexibility index (Phi) is 8.98. The van der Waals surface area contributed by atoms with Gasteiger partial charge >= 0.3 is 0 Å². The van der Waals surface area contributed by atoms with Gasteiger partial charge in [-0.2, -0.15) is 5.26 Å². The summed E-state index contributed by atoms with van der Waals surface area (Å²) in [6, 6.07) is 16.7. The molecule has 7 nitrogen and oxygen atoms in total. The number of aromatic nitrogens is 2. The Balaban J connectivity index is 1.56. The molecule has 0 aliphatic rings. The third kappa shape index (κ3) is 8.00. The molecule has 0 aliphatic carbocycles. The molecule has 0 spiro atoms. The number of nitriles is 1. The number of hydrogen-bond donors (Lipinski definition) is 1. The van der Waals surface area contributed by atoms with Crippen LogP contribution in [0.1, 0.15) is 24.4 Å². The lowest BCUT2D eigenvalue weighted by Crippen LogP contribution is -2.13. The van der Waals surface area contributed by atoms with Gasteiger partial charge in [0.25, 0.3) is 5.91 Å². The van der Waals surface area contributed by atoms with E-state index in [1.165, 1.54) is 17.4 Å². The van der Waals surface area contributed by atoms with E-state index in [1.54, 1.807) is 24.3 Å². The quantitative estimate of drug-likeness (QED) is 0.212. The molecule has 0 unspecified atom stereocenters. The van der Waals surface area contributed by atoms with E-state index in [-0.39, 0.29) is 5.57 Å². The van der Waals surface area contributed by atoms with Crippen molar-refractivity contribution in [1.29, 1.82) is 5.26 Å². The van der Waals surface area contributed by atoms with Crippen molar-refractivity contribution in [3.63, 3.8) is 0 Å². The molecule has 9 heteroatoms. The van der Waals surface area contributed by atoms with E-state index in [9.17, 15) is 10.1 Å². The fourth-order valence-electron chi connectivity index (χ4n) is 2.76. The van der Waals surface area contributed by atoms with E-state index in [2.05, 4.69) is 45.3 Å². The van der Waals surface area contributed by atoms with Crippen molar-refractivity contribution in [1.82, 2.24) is 10.2 Å². The Labute approximate surface area is 205 Å². The first-order chi connectivity index (χ1) is 15.9. The van der Waals surface area contributed by atoms with Gasteiger partial charge in [-0.1, -0.05) is 53.2 Å². The normalized spacial score (nSPS) is 11.2. The summed E-state index contributed by atoms with van der Waals surface area (Å²) < 4.78 is 12.4. The summed E-state index contributed by atoms with van der Waals surface area (Å²) in [6.45, 7) is 4.91. The predicted molar refractivity (Wildman–Crippen MR) is 132 cm³/mol. The minimum atomic E-state index is -0.529. The highest BCUT2D eigenvalue weighted by atomic mass is 79.9. The molecule has 3 rings (SSSR count). The van der Waals surface area contributed by atoms with Gasteiger partial charge in [-0.3, -0.25) is 10.1 Å². The Bertz CT molecular complexity index is 1150. The van der Waals surface area contributed by atoms with Crippen LogP contribution in [0.3, 0.4) is 0 Å². The molecule has 1 aromatic heterocycles. The molecule has 3 aromatic rings. The van der Waals surface area contributed by atoms with Gasteiger partial charge < -0.3 is 9.47 Å². The minimum absolute atomic E-state index is 0.0358. The largest absolute Gasteiger partial charge is 0.490 e. The number of nitrogens with one attached hydrogen (secondary N) is 1. The van der Waals surface area contributed by atoms with E-state index < -0.39 is 5.91 Å². The molecule has 0 fully saturated rings. The van der Waals surface area contributed by atoms with Crippen LogP contribution in [0.15, 0.2) is 58.6 Å². The molecule has 0 bridgehead atoms. The highest BCUT2D eigenvalue weighted by molar-refractivity contribution is 9.10. The van der Waals surface area contributed by atoms with E-state index in [4.69, 9.17) is 9.47 Å². The molecule has 2 aromatic carbocycles. The number of amides is 1. The van der Waals surface area contributed by atoms with E-state index in [0.29, 0.717) is 35.6 Å². The Morgan fingerprint density at radius 3 is 2.58 bits per heavy atom. The third-order valence-electron chi connectivity index (χ3n) is 4.24. The maximum atomic E-state index is 12.5. The summed E-state index contributed by atoms with van der Waals surface area (Å²) in [4.78, 5) is 12.5. The van der Waals surface area contributed by atoms with E-state index >= 15 is 0 Å². The lowest BCUT2D eigenvalue weighted by atomic mass is 10.1. The Hall–Kier alpha value is -3.22. The molecule has 1 amide bonds. The van der Waals surface area contributed by atoms with Crippen molar-refractivity contribution in [3.05, 3.63) is 69.1 Å². The summed E-state index contributed by atoms with van der Waals surface area (Å²) >= 11 is 4.70. The van der Waals surface area contributed by atoms with Gasteiger partial charge in [-0.15, -0.1) is 10.2 Å². The summed E-state index contributed by atoms with van der Waals surface area (Å²) in [6.07, 6.45) is 2.30. The van der Waals surface area contributed by atoms with Gasteiger partial charge in [0, 0.05) is 10.9 Å². The second-order valence-electron chi connectivity index (χ2n) is 7.45. The molecule has 1 N–H and O–H groups in total. The van der Waals surface area contributed by atoms with Crippen LogP contribution in [0.5, 0.6) is 11.5 Å². The maximum Gasteiger partial charge on any atom is 0.268 e. The number of carbonyl (C=O) groups is 1. The van der Waals surface area contributed by atoms with Crippen LogP contribution < -0.4 is 14.8 Å². The molecule has 0 atom stereocenters. The molecule has 170 valence electrons. The van der Waals surface area contributed by atoms with Crippen molar-refractivity contribution in [3.8, 4) is 17.6 Å². The average molecular weight is 527 g/mol. The molecule has 0 radical (unpaired) electrons. The van der Waals surface area contributed by atoms with E-state index in [1.807, 2.05) is 30.3 Å². The standard InChI is InChI=1S/C24H23BrN4O3S/c1-16(2)12-22-28-29-24(33-22)27-23(30)18(15-26)13-17-4-3-5-21(14-17)32-11-10-31-20-8-6-19(25)7-9-20/h3-9,13-14,16H,10-12H2,1-2H3,(H,27,29,30). The van der Waals surface area contributed by atoms with Crippen LogP contribution in [0.2, 0.25) is 0 Å². The van der Waals surface area contributed by atoms with Crippen LogP contribution in [0, 0.1) is 17.2 Å². The number of benzene rings is 2. The maximum absolute atomic E-state index is 12.5. The smallest absolute Gasteiger partial charge is 0.268 e. The Morgan fingerprint density at radius 1 is 1.15 bits per heavy atom. The van der Waals surface area contributed by atoms with Gasteiger partial charge in [-0.05, 0) is 54.0 Å². The van der Waals surface area contributed by atoms with Crippen LogP contribution in [-0.4, -0.2) is 29.3 Å². The van der Waals surface area contributed by atoms with Crippen molar-refractivity contribution in [2.45, 2.75) is 20.3 Å². The molecular weight excluding hydrogens is 504 g/mol. The number of anilines is 1. The lowest BCUT2D eigenvalue weighted by molar-refractivity contribution is -0.112. The number of carbonyl (C=O) groups excluding carboxylic acids is 1. The number of hydrogen-bond acceptors (Lipinski definition) is 7. The van der Waals surface area contributed by atoms with Crippen LogP contribution >= 0.6 is 27.3 Å². The molecular formula is C24H23BrN4O3S. The zero-order valence-electron chi connectivity index (χ0n) is 18.2. The SMILES string of the molecule is CC(C)Cc1nnc(NC(=O)C(C#N)=Cc2cccc(OCCOc3ccc(Br)cc3)c2)s1. The monoisotopic (exact) mass is 526 g/mol. The number of halogens is 1. The van der Waals surface area contributed by atoms with Gasteiger partial charge in [-0.25, -0.2) is 0 Å². The fraction of sp³-hybridized carbons (Fsp3) is 0.250. The molecule has 1 heterocycles. The van der Waals surface area contributed by atoms with Crippen molar-refractivity contribution < 1.29 is 14.3 Å². The summed E-state index contributed by atoms with van der Waals surface area (Å²) in [5, 5.41) is 21.4. The highest BCUT2D eigenvalue weighted by Gasteiger charge is 2.13. The van der Waals surface area contributed by atoms with E-state index in [0.717, 1.165) is 21.7 Å². The number of ether oxygens (including phenoxy) is 2. The summed E-state index contributed by atoms with van der Waals surface area (Å²) in [7, 11) is 0. The Morgan fingerprint density at radius 2 is 1.88 bits per heavy atom. The van der Waals surface area contributed by atoms with Crippen molar-refractivity contribution >= 4 is 44.4 Å². The first-order valence-electron chi connectivity index (χ1n) is 10.3. The first-order valence-corrected chi connectivity index (χ1v) is 11.9. The van der Waals surface area contributed by atoms with Gasteiger partial charge in [0.1, 0.15) is 41.4 Å². The molecule has 0 aliphatic heterocycles. The molecule has 0 saturated carbocycles. The zero-order valence-corrected chi connectivity index (χ0v) is 20.6. The second-order valence-corrected chi connectivity index (χ2v) is 9.42.